The van der Waals surface area contributed by atoms with Crippen LogP contribution in [0.25, 0.3) is 0 Å². The molecule has 0 aliphatic carbocycles. The van der Waals surface area contributed by atoms with E-state index in [1.54, 1.807) is 0 Å². The van der Waals surface area contributed by atoms with Crippen LogP contribution in [0.3, 0.4) is 0 Å². The van der Waals surface area contributed by atoms with E-state index >= 15 is 0 Å². The minimum atomic E-state index is -0.117. The van der Waals surface area contributed by atoms with E-state index in [0.29, 0.717) is 13.2 Å². The molecule has 0 N–H and O–H groups in total. The van der Waals surface area contributed by atoms with E-state index in [2.05, 4.69) is 4.90 Å². The van der Waals surface area contributed by atoms with Gasteiger partial charge in [-0.05, 0) is 25.5 Å². The molecule has 0 saturated carbocycles. The molecular formula is C17H22N2O3. The summed E-state index contributed by atoms with van der Waals surface area (Å²) in [7, 11) is 0. The lowest BCUT2D eigenvalue weighted by atomic mass is 10.1. The largest absolute Gasteiger partial charge is 0.464 e. The van der Waals surface area contributed by atoms with Gasteiger partial charge in [0.15, 0.2) is 0 Å². The van der Waals surface area contributed by atoms with E-state index in [1.165, 1.54) is 0 Å². The van der Waals surface area contributed by atoms with E-state index in [9.17, 15) is 9.59 Å². The van der Waals surface area contributed by atoms with Gasteiger partial charge in [0.2, 0.25) is 0 Å². The number of hydrogen-bond acceptors (Lipinski definition) is 4. The number of amides is 1. The molecule has 0 radical (unpaired) electrons. The summed E-state index contributed by atoms with van der Waals surface area (Å²) in [4.78, 5) is 28.4. The number of ether oxygens (including phenoxy) is 1. The zero-order valence-electron chi connectivity index (χ0n) is 13.0. The number of esters is 1. The Bertz CT molecular complexity index is 573. The van der Waals surface area contributed by atoms with E-state index in [-0.39, 0.29) is 17.9 Å². The Hall–Kier alpha value is -1.88. The van der Waals surface area contributed by atoms with E-state index in [4.69, 9.17) is 4.74 Å². The molecule has 2 aliphatic rings. The van der Waals surface area contributed by atoms with Gasteiger partial charge < -0.3 is 9.64 Å². The van der Waals surface area contributed by atoms with Crippen LogP contribution in [-0.4, -0.2) is 60.5 Å². The highest BCUT2D eigenvalue weighted by Crippen LogP contribution is 2.17. The second kappa shape index (κ2) is 6.48. The van der Waals surface area contributed by atoms with Gasteiger partial charge in [-0.15, -0.1) is 0 Å². The molecule has 2 aliphatic heterocycles. The van der Waals surface area contributed by atoms with Crippen LogP contribution in [0.15, 0.2) is 24.3 Å². The van der Waals surface area contributed by atoms with E-state index in [0.717, 1.165) is 43.6 Å². The molecule has 0 unspecified atom stereocenters. The molecule has 2 fully saturated rings. The maximum absolute atomic E-state index is 12.6. The summed E-state index contributed by atoms with van der Waals surface area (Å²) in [5.74, 6) is -0.0296. The minimum absolute atomic E-state index is 0.0829. The van der Waals surface area contributed by atoms with Crippen molar-refractivity contribution in [2.24, 2.45) is 0 Å². The van der Waals surface area contributed by atoms with Crippen LogP contribution < -0.4 is 0 Å². The van der Waals surface area contributed by atoms with Crippen molar-refractivity contribution in [2.45, 2.75) is 25.8 Å². The van der Waals surface area contributed by atoms with Gasteiger partial charge in [-0.2, -0.15) is 0 Å². The number of nitrogens with zero attached hydrogens (tertiary/aromatic N) is 2. The second-order valence-corrected chi connectivity index (χ2v) is 6.02. The molecule has 5 nitrogen and oxygen atoms in total. The van der Waals surface area contributed by atoms with E-state index < -0.39 is 0 Å². The molecule has 22 heavy (non-hydrogen) atoms. The zero-order chi connectivity index (χ0) is 15.5. The van der Waals surface area contributed by atoms with Crippen molar-refractivity contribution in [1.29, 1.82) is 0 Å². The van der Waals surface area contributed by atoms with Crippen LogP contribution in [0.4, 0.5) is 0 Å². The predicted molar refractivity (Wildman–Crippen MR) is 82.6 cm³/mol. The Balaban J connectivity index is 1.65. The molecule has 118 valence electrons. The summed E-state index contributed by atoms with van der Waals surface area (Å²) in [5.41, 5.74) is 1.84. The van der Waals surface area contributed by atoms with Gasteiger partial charge in [0.1, 0.15) is 6.04 Å². The number of hydrogen-bond donors (Lipinski definition) is 0. The highest BCUT2D eigenvalue weighted by Gasteiger charge is 2.33. The van der Waals surface area contributed by atoms with Crippen LogP contribution >= 0.6 is 0 Å². The van der Waals surface area contributed by atoms with Gasteiger partial charge >= 0.3 is 5.97 Å². The number of rotatable bonds is 2. The number of carbonyl (C=O) groups excluding carboxylic acids is 2. The molecule has 2 heterocycles. The maximum atomic E-state index is 12.6. The monoisotopic (exact) mass is 302 g/mol. The number of benzene rings is 1. The first-order chi connectivity index (χ1) is 10.6. The third-order valence-corrected chi connectivity index (χ3v) is 4.43. The lowest BCUT2D eigenvalue weighted by molar-refractivity contribution is -0.142. The van der Waals surface area contributed by atoms with Crippen molar-refractivity contribution >= 4 is 11.9 Å². The smallest absolute Gasteiger partial charge is 0.323 e. The van der Waals surface area contributed by atoms with Gasteiger partial charge in [-0.25, -0.2) is 0 Å². The van der Waals surface area contributed by atoms with Crippen molar-refractivity contribution in [3.8, 4) is 0 Å². The zero-order valence-corrected chi connectivity index (χ0v) is 13.0. The highest BCUT2D eigenvalue weighted by atomic mass is 16.5. The number of cyclic esters (lactones) is 1. The van der Waals surface area contributed by atoms with Gasteiger partial charge in [0, 0.05) is 38.2 Å². The fraction of sp³-hybridized carbons (Fsp3) is 0.529. The fourth-order valence-corrected chi connectivity index (χ4v) is 3.23. The van der Waals surface area contributed by atoms with Crippen molar-refractivity contribution in [3.63, 3.8) is 0 Å². The molecule has 0 spiro atoms. The number of aryl methyl sites for hydroxylation is 1. The molecule has 1 aromatic carbocycles. The molecule has 3 rings (SSSR count). The van der Waals surface area contributed by atoms with Crippen LogP contribution in [0, 0.1) is 6.92 Å². The van der Waals surface area contributed by atoms with Crippen molar-refractivity contribution < 1.29 is 14.3 Å². The average molecular weight is 302 g/mol. The SMILES string of the molecule is Cc1cccc(C(=O)N2CCCN([C@H]3CCOC3=O)CC2)c1. The average Bonchev–Trinajstić information content (AvgIpc) is 2.80. The standard InChI is InChI=1S/C17H22N2O3/c1-13-4-2-5-14(12-13)16(20)19-8-3-7-18(9-10-19)15-6-11-22-17(15)21/h2,4-5,12,15H,3,6-11H2,1H3/t15-/m0/s1. The van der Waals surface area contributed by atoms with Crippen LogP contribution in [0.5, 0.6) is 0 Å². The van der Waals surface area contributed by atoms with Crippen molar-refractivity contribution in [1.82, 2.24) is 9.80 Å². The van der Waals surface area contributed by atoms with Gasteiger partial charge in [-0.3, -0.25) is 14.5 Å². The first-order valence-electron chi connectivity index (χ1n) is 7.92. The summed E-state index contributed by atoms with van der Waals surface area (Å²) >= 11 is 0. The summed E-state index contributed by atoms with van der Waals surface area (Å²) < 4.78 is 5.06. The number of carbonyl (C=O) groups is 2. The van der Waals surface area contributed by atoms with Crippen LogP contribution in [0.2, 0.25) is 0 Å². The predicted octanol–water partition coefficient (Wildman–Crippen LogP) is 1.46. The maximum Gasteiger partial charge on any atom is 0.323 e. The lowest BCUT2D eigenvalue weighted by Crippen LogP contribution is -2.41. The topological polar surface area (TPSA) is 49.9 Å². The van der Waals surface area contributed by atoms with Crippen molar-refractivity contribution in [2.75, 3.05) is 32.8 Å². The molecule has 1 aromatic rings. The quantitative estimate of drug-likeness (QED) is 0.776. The Morgan fingerprint density at radius 1 is 1.23 bits per heavy atom. The molecule has 1 amide bonds. The Kier molecular flexibility index (Phi) is 4.43. The highest BCUT2D eigenvalue weighted by molar-refractivity contribution is 5.94. The summed E-state index contributed by atoms with van der Waals surface area (Å²) in [6, 6.07) is 7.59. The molecular weight excluding hydrogens is 280 g/mol. The molecule has 0 aromatic heterocycles. The summed E-state index contributed by atoms with van der Waals surface area (Å²) in [6.07, 6.45) is 1.66. The van der Waals surface area contributed by atoms with Gasteiger partial charge in [0.05, 0.1) is 6.61 Å². The van der Waals surface area contributed by atoms with E-state index in [1.807, 2.05) is 36.1 Å². The molecule has 5 heteroatoms. The first kappa shape index (κ1) is 15.0. The Morgan fingerprint density at radius 3 is 2.82 bits per heavy atom. The fourth-order valence-electron chi connectivity index (χ4n) is 3.23. The molecule has 1 atom stereocenters. The van der Waals surface area contributed by atoms with Gasteiger partial charge in [0.25, 0.3) is 5.91 Å². The third-order valence-electron chi connectivity index (χ3n) is 4.43. The Labute approximate surface area is 130 Å². The van der Waals surface area contributed by atoms with Crippen LogP contribution in [-0.2, 0) is 9.53 Å². The molecule has 0 bridgehead atoms. The Morgan fingerprint density at radius 2 is 2.09 bits per heavy atom. The second-order valence-electron chi connectivity index (χ2n) is 6.02. The minimum Gasteiger partial charge on any atom is -0.464 e. The third kappa shape index (κ3) is 3.14. The normalized spacial score (nSPS) is 23.2. The van der Waals surface area contributed by atoms with Crippen molar-refractivity contribution in [3.05, 3.63) is 35.4 Å². The summed E-state index contributed by atoms with van der Waals surface area (Å²) in [6.45, 7) is 5.49. The molecule has 2 saturated heterocycles. The summed E-state index contributed by atoms with van der Waals surface area (Å²) in [5, 5.41) is 0. The van der Waals surface area contributed by atoms with Gasteiger partial charge in [-0.1, -0.05) is 17.7 Å². The lowest BCUT2D eigenvalue weighted by Gasteiger charge is -2.24. The van der Waals surface area contributed by atoms with Crippen LogP contribution in [0.1, 0.15) is 28.8 Å². The first-order valence-corrected chi connectivity index (χ1v) is 7.92.